The largest absolute Gasteiger partial charge is 0.496 e. The van der Waals surface area contributed by atoms with Gasteiger partial charge in [0.15, 0.2) is 5.82 Å². The van der Waals surface area contributed by atoms with Crippen LogP contribution >= 0.6 is 0 Å². The van der Waals surface area contributed by atoms with Gasteiger partial charge in [-0.1, -0.05) is 0 Å². The average Bonchev–Trinajstić information content (AvgIpc) is 2.41. The number of nitrogens with two attached hydrogens (primary N) is 1. The van der Waals surface area contributed by atoms with Crippen LogP contribution in [0.2, 0.25) is 0 Å². The lowest BCUT2D eigenvalue weighted by Crippen LogP contribution is -2.01. The summed E-state index contributed by atoms with van der Waals surface area (Å²) in [5.41, 5.74) is 8.95. The molecule has 96 valence electrons. The minimum atomic E-state index is 0.195. The molecule has 1 aromatic heterocycles. The third-order valence-electron chi connectivity index (χ3n) is 3.14. The van der Waals surface area contributed by atoms with E-state index in [-0.39, 0.29) is 11.4 Å². The molecule has 2 N–H and O–H groups in total. The average molecular weight is 254 g/mol. The van der Waals surface area contributed by atoms with E-state index in [1.165, 1.54) is 6.20 Å². The predicted octanol–water partition coefficient (Wildman–Crippen LogP) is 2.22. The van der Waals surface area contributed by atoms with E-state index in [4.69, 9.17) is 15.7 Å². The summed E-state index contributed by atoms with van der Waals surface area (Å²) in [6.07, 6.45) is 1.44. The van der Waals surface area contributed by atoms with Crippen molar-refractivity contribution in [2.24, 2.45) is 0 Å². The van der Waals surface area contributed by atoms with E-state index in [0.29, 0.717) is 5.82 Å². The Bertz CT molecular complexity index is 674. The van der Waals surface area contributed by atoms with E-state index < -0.39 is 0 Å². The second-order valence-corrected chi connectivity index (χ2v) is 4.17. The molecule has 0 spiro atoms. The number of benzene rings is 1. The predicted molar refractivity (Wildman–Crippen MR) is 72.6 cm³/mol. The smallest absolute Gasteiger partial charge is 0.161 e. The van der Waals surface area contributed by atoms with Gasteiger partial charge in [0.2, 0.25) is 0 Å². The second kappa shape index (κ2) is 4.94. The third kappa shape index (κ3) is 2.20. The number of nitrogens with zero attached hydrogens (tertiary/aromatic N) is 3. The molecule has 0 unspecified atom stereocenters. The number of ether oxygens (including phenoxy) is 1. The quantitative estimate of drug-likeness (QED) is 0.888. The van der Waals surface area contributed by atoms with Gasteiger partial charge in [0, 0.05) is 5.56 Å². The van der Waals surface area contributed by atoms with E-state index in [1.807, 2.05) is 32.0 Å². The molecule has 0 amide bonds. The highest BCUT2D eigenvalue weighted by molar-refractivity contribution is 5.66. The number of nitrogen functional groups attached to an aromatic ring is 1. The minimum Gasteiger partial charge on any atom is -0.496 e. The summed E-state index contributed by atoms with van der Waals surface area (Å²) in [6.45, 7) is 3.95. The van der Waals surface area contributed by atoms with Crippen molar-refractivity contribution in [3.63, 3.8) is 0 Å². The van der Waals surface area contributed by atoms with Gasteiger partial charge in [0.25, 0.3) is 0 Å². The molecule has 5 heteroatoms. The maximum absolute atomic E-state index is 8.82. The lowest BCUT2D eigenvalue weighted by atomic mass is 10.0. The van der Waals surface area contributed by atoms with Gasteiger partial charge in [-0.3, -0.25) is 0 Å². The van der Waals surface area contributed by atoms with Crippen LogP contribution in [0.5, 0.6) is 5.75 Å². The Hall–Kier alpha value is -2.61. The van der Waals surface area contributed by atoms with Crippen LogP contribution in [0.3, 0.4) is 0 Å². The summed E-state index contributed by atoms with van der Waals surface area (Å²) >= 11 is 0. The number of rotatable bonds is 2. The number of aromatic nitrogens is 2. The third-order valence-corrected chi connectivity index (χ3v) is 3.14. The van der Waals surface area contributed by atoms with Crippen molar-refractivity contribution in [2.45, 2.75) is 13.8 Å². The molecule has 1 aromatic carbocycles. The van der Waals surface area contributed by atoms with Crippen LogP contribution in [0, 0.1) is 25.2 Å². The van der Waals surface area contributed by atoms with E-state index in [1.54, 1.807) is 7.11 Å². The molecular weight excluding hydrogens is 240 g/mol. The normalized spacial score (nSPS) is 10.0. The van der Waals surface area contributed by atoms with Gasteiger partial charge in [-0.15, -0.1) is 0 Å². The van der Waals surface area contributed by atoms with Gasteiger partial charge in [0.05, 0.1) is 13.3 Å². The van der Waals surface area contributed by atoms with E-state index >= 15 is 0 Å². The Balaban J connectivity index is 2.57. The zero-order valence-corrected chi connectivity index (χ0v) is 11.1. The molecule has 19 heavy (non-hydrogen) atoms. The van der Waals surface area contributed by atoms with Crippen molar-refractivity contribution in [3.05, 3.63) is 35.0 Å². The molecule has 0 radical (unpaired) electrons. The van der Waals surface area contributed by atoms with E-state index in [2.05, 4.69) is 9.97 Å². The van der Waals surface area contributed by atoms with Gasteiger partial charge in [-0.05, 0) is 37.1 Å². The Morgan fingerprint density at radius 2 is 2.00 bits per heavy atom. The number of hydrogen-bond donors (Lipinski definition) is 1. The van der Waals surface area contributed by atoms with Crippen molar-refractivity contribution in [2.75, 3.05) is 12.8 Å². The molecular formula is C14H14N4O. The first-order chi connectivity index (χ1) is 9.08. The van der Waals surface area contributed by atoms with Crippen molar-refractivity contribution in [1.29, 1.82) is 5.26 Å². The topological polar surface area (TPSA) is 84.8 Å². The van der Waals surface area contributed by atoms with Crippen molar-refractivity contribution >= 4 is 5.82 Å². The molecule has 5 nitrogen and oxygen atoms in total. The molecule has 2 aromatic rings. The summed E-state index contributed by atoms with van der Waals surface area (Å²) in [7, 11) is 1.64. The highest BCUT2D eigenvalue weighted by Crippen LogP contribution is 2.29. The van der Waals surface area contributed by atoms with Gasteiger partial charge in [0.1, 0.15) is 23.2 Å². The lowest BCUT2D eigenvalue weighted by molar-refractivity contribution is 0.411. The van der Waals surface area contributed by atoms with Gasteiger partial charge >= 0.3 is 0 Å². The maximum Gasteiger partial charge on any atom is 0.161 e. The van der Waals surface area contributed by atoms with Crippen LogP contribution in [0.4, 0.5) is 5.82 Å². The van der Waals surface area contributed by atoms with Crippen LogP contribution in [0.25, 0.3) is 11.4 Å². The molecule has 1 heterocycles. The minimum absolute atomic E-state index is 0.195. The maximum atomic E-state index is 8.82. The number of methoxy groups -OCH3 is 1. The van der Waals surface area contributed by atoms with E-state index in [0.717, 1.165) is 22.4 Å². The lowest BCUT2D eigenvalue weighted by Gasteiger charge is -2.12. The van der Waals surface area contributed by atoms with Crippen LogP contribution in [0.15, 0.2) is 18.3 Å². The summed E-state index contributed by atoms with van der Waals surface area (Å²) in [6, 6.07) is 5.71. The fraction of sp³-hybridized carbons (Fsp3) is 0.214. The fourth-order valence-electron chi connectivity index (χ4n) is 1.87. The zero-order chi connectivity index (χ0) is 14.0. The van der Waals surface area contributed by atoms with Crippen LogP contribution < -0.4 is 10.5 Å². The first-order valence-electron chi connectivity index (χ1n) is 5.75. The highest BCUT2D eigenvalue weighted by Gasteiger charge is 2.12. The Kier molecular flexibility index (Phi) is 3.34. The molecule has 0 aliphatic rings. The zero-order valence-electron chi connectivity index (χ0n) is 11.1. The van der Waals surface area contributed by atoms with Crippen LogP contribution in [0.1, 0.15) is 16.7 Å². The molecule has 0 saturated heterocycles. The molecule has 2 rings (SSSR count). The number of hydrogen-bond acceptors (Lipinski definition) is 5. The number of anilines is 1. The molecule has 0 bridgehead atoms. The van der Waals surface area contributed by atoms with Crippen LogP contribution in [-0.2, 0) is 0 Å². The molecule has 0 aliphatic heterocycles. The standard InChI is InChI=1S/C14H14N4O/c1-8-9(2)12(19-3)5-4-11(8)14-17-7-10(6-15)13(16)18-14/h4-5,7H,1-3H3,(H2,16,17,18). The molecule has 0 saturated carbocycles. The second-order valence-electron chi connectivity index (χ2n) is 4.17. The molecule has 0 aliphatic carbocycles. The summed E-state index contributed by atoms with van der Waals surface area (Å²) in [4.78, 5) is 8.36. The summed E-state index contributed by atoms with van der Waals surface area (Å²) in [5.74, 6) is 1.53. The summed E-state index contributed by atoms with van der Waals surface area (Å²) in [5, 5.41) is 8.82. The Morgan fingerprint density at radius 1 is 1.26 bits per heavy atom. The highest BCUT2D eigenvalue weighted by atomic mass is 16.5. The fourth-order valence-corrected chi connectivity index (χ4v) is 1.87. The van der Waals surface area contributed by atoms with Crippen molar-refractivity contribution < 1.29 is 4.74 Å². The van der Waals surface area contributed by atoms with Gasteiger partial charge < -0.3 is 10.5 Å². The Labute approximate surface area is 111 Å². The Morgan fingerprint density at radius 3 is 2.58 bits per heavy atom. The number of nitriles is 1. The molecule has 0 atom stereocenters. The first-order valence-corrected chi connectivity index (χ1v) is 5.75. The summed E-state index contributed by atoms with van der Waals surface area (Å²) < 4.78 is 5.27. The van der Waals surface area contributed by atoms with E-state index in [9.17, 15) is 0 Å². The SMILES string of the molecule is COc1ccc(-c2ncc(C#N)c(N)n2)c(C)c1C. The van der Waals surface area contributed by atoms with Gasteiger partial charge in [-0.25, -0.2) is 9.97 Å². The van der Waals surface area contributed by atoms with Crippen LogP contribution in [-0.4, -0.2) is 17.1 Å². The monoisotopic (exact) mass is 254 g/mol. The van der Waals surface area contributed by atoms with Crippen molar-refractivity contribution in [1.82, 2.24) is 9.97 Å². The van der Waals surface area contributed by atoms with Crippen molar-refractivity contribution in [3.8, 4) is 23.2 Å². The molecule has 0 fully saturated rings. The first kappa shape index (κ1) is 12.8. The van der Waals surface area contributed by atoms with Gasteiger partial charge in [-0.2, -0.15) is 5.26 Å².